The molecule has 0 radical (unpaired) electrons. The van der Waals surface area contributed by atoms with Crippen molar-refractivity contribution in [3.8, 4) is 0 Å². The van der Waals surface area contributed by atoms with Crippen molar-refractivity contribution in [1.29, 1.82) is 0 Å². The van der Waals surface area contributed by atoms with Gasteiger partial charge in [0.05, 0.1) is 11.4 Å². The number of hydrogen-bond acceptors (Lipinski definition) is 5. The predicted molar refractivity (Wildman–Crippen MR) is 99.7 cm³/mol. The fourth-order valence-electron chi connectivity index (χ4n) is 4.40. The fourth-order valence-corrected chi connectivity index (χ4v) is 5.92. The van der Waals surface area contributed by atoms with E-state index >= 15 is 0 Å². The van der Waals surface area contributed by atoms with Crippen LogP contribution in [0.2, 0.25) is 0 Å². The number of nitrogens with zero attached hydrogens (tertiary/aromatic N) is 4. The highest BCUT2D eigenvalue weighted by Crippen LogP contribution is 2.21. The molecule has 0 N–H and O–H groups in total. The first-order valence-electron chi connectivity index (χ1n) is 9.81. The molecule has 0 aromatic carbocycles. The molecule has 3 heterocycles. The van der Waals surface area contributed by atoms with Crippen molar-refractivity contribution in [2.24, 2.45) is 5.92 Å². The van der Waals surface area contributed by atoms with Crippen LogP contribution in [0.25, 0.3) is 0 Å². The standard InChI is InChI=1S/C18H28N4O3S/c23-18-13-16-3-1-4-17(16)19-22(18)14-15-5-8-20(9-6-15)10-11-21-7-2-12-26(21,24)25/h13,15H,1-12,14H2. The van der Waals surface area contributed by atoms with E-state index in [9.17, 15) is 13.2 Å². The van der Waals surface area contributed by atoms with Gasteiger partial charge in [0.1, 0.15) is 0 Å². The number of rotatable bonds is 5. The summed E-state index contributed by atoms with van der Waals surface area (Å²) in [7, 11) is -2.99. The third-order valence-electron chi connectivity index (χ3n) is 6.03. The molecule has 1 aromatic rings. The van der Waals surface area contributed by atoms with Crippen molar-refractivity contribution >= 4 is 10.0 Å². The summed E-state index contributed by atoms with van der Waals surface area (Å²) in [4.78, 5) is 14.6. The molecule has 1 aliphatic carbocycles. The van der Waals surface area contributed by atoms with Gasteiger partial charge in [0.15, 0.2) is 0 Å². The molecule has 7 nitrogen and oxygen atoms in total. The van der Waals surface area contributed by atoms with Gasteiger partial charge in [0.2, 0.25) is 10.0 Å². The van der Waals surface area contributed by atoms with Crippen LogP contribution in [-0.4, -0.2) is 65.9 Å². The number of sulfonamides is 1. The minimum Gasteiger partial charge on any atom is -0.302 e. The highest BCUT2D eigenvalue weighted by atomic mass is 32.2. The van der Waals surface area contributed by atoms with E-state index in [2.05, 4.69) is 10.00 Å². The van der Waals surface area contributed by atoms with Gasteiger partial charge in [-0.3, -0.25) is 4.79 Å². The smallest absolute Gasteiger partial charge is 0.267 e. The minimum absolute atomic E-state index is 0.0346. The molecule has 8 heteroatoms. The maximum Gasteiger partial charge on any atom is 0.267 e. The van der Waals surface area contributed by atoms with Crippen LogP contribution < -0.4 is 5.56 Å². The average Bonchev–Trinajstić information content (AvgIpc) is 3.19. The van der Waals surface area contributed by atoms with Gasteiger partial charge in [0, 0.05) is 32.2 Å². The Morgan fingerprint density at radius 2 is 1.88 bits per heavy atom. The number of piperidine rings is 1. The second kappa shape index (κ2) is 7.40. The van der Waals surface area contributed by atoms with Gasteiger partial charge < -0.3 is 4.90 Å². The first kappa shape index (κ1) is 18.1. The van der Waals surface area contributed by atoms with E-state index in [0.29, 0.717) is 31.3 Å². The summed E-state index contributed by atoms with van der Waals surface area (Å²) in [5.74, 6) is 0.781. The second-order valence-corrected chi connectivity index (χ2v) is 9.93. The number of aromatic nitrogens is 2. The van der Waals surface area contributed by atoms with Gasteiger partial charge in [-0.25, -0.2) is 17.4 Å². The zero-order valence-corrected chi connectivity index (χ0v) is 16.1. The molecule has 0 spiro atoms. The molecular weight excluding hydrogens is 352 g/mol. The van der Waals surface area contributed by atoms with Crippen molar-refractivity contribution < 1.29 is 8.42 Å². The molecule has 2 aliphatic heterocycles. The molecular formula is C18H28N4O3S. The minimum atomic E-state index is -2.99. The molecule has 0 unspecified atom stereocenters. The third kappa shape index (κ3) is 3.87. The topological polar surface area (TPSA) is 75.5 Å². The van der Waals surface area contributed by atoms with Crippen molar-refractivity contribution in [3.05, 3.63) is 27.7 Å². The molecule has 26 heavy (non-hydrogen) atoms. The van der Waals surface area contributed by atoms with E-state index in [1.165, 1.54) is 0 Å². The van der Waals surface area contributed by atoms with Crippen molar-refractivity contribution in [2.75, 3.05) is 38.5 Å². The SMILES string of the molecule is O=c1cc2c(nn1CC1CCN(CCN3CCCS3(=O)=O)CC1)CCC2. The molecule has 2 fully saturated rings. The number of aryl methyl sites for hydroxylation is 2. The third-order valence-corrected chi connectivity index (χ3v) is 7.99. The Labute approximate surface area is 155 Å². The average molecular weight is 381 g/mol. The Hall–Kier alpha value is -1.25. The number of likely N-dealkylation sites (tertiary alicyclic amines) is 1. The number of hydrogen-bond donors (Lipinski definition) is 0. The van der Waals surface area contributed by atoms with Crippen LogP contribution in [0.1, 0.15) is 36.9 Å². The van der Waals surface area contributed by atoms with E-state index < -0.39 is 10.0 Å². The molecule has 144 valence electrons. The summed E-state index contributed by atoms with van der Waals surface area (Å²) in [5.41, 5.74) is 2.28. The van der Waals surface area contributed by atoms with Gasteiger partial charge in [-0.15, -0.1) is 0 Å². The van der Waals surface area contributed by atoms with Gasteiger partial charge in [0.25, 0.3) is 5.56 Å². The molecule has 1 aromatic heterocycles. The summed E-state index contributed by atoms with van der Waals surface area (Å²) >= 11 is 0. The summed E-state index contributed by atoms with van der Waals surface area (Å²) in [6, 6.07) is 1.78. The summed E-state index contributed by atoms with van der Waals surface area (Å²) in [6.45, 7) is 4.74. The van der Waals surface area contributed by atoms with Gasteiger partial charge in [-0.2, -0.15) is 5.10 Å². The van der Waals surface area contributed by atoms with Gasteiger partial charge in [-0.1, -0.05) is 0 Å². The van der Waals surface area contributed by atoms with Crippen LogP contribution in [0.15, 0.2) is 10.9 Å². The Morgan fingerprint density at radius 3 is 2.62 bits per heavy atom. The van der Waals surface area contributed by atoms with Gasteiger partial charge in [-0.05, 0) is 63.1 Å². The zero-order valence-electron chi connectivity index (χ0n) is 15.3. The van der Waals surface area contributed by atoms with Crippen molar-refractivity contribution in [1.82, 2.24) is 19.0 Å². The fraction of sp³-hybridized carbons (Fsp3) is 0.778. The van der Waals surface area contributed by atoms with Crippen molar-refractivity contribution in [3.63, 3.8) is 0 Å². The van der Waals surface area contributed by atoms with E-state index in [4.69, 9.17) is 0 Å². The number of fused-ring (bicyclic) bond motifs is 1. The quantitative estimate of drug-likeness (QED) is 0.743. The van der Waals surface area contributed by atoms with E-state index in [-0.39, 0.29) is 5.56 Å². The highest BCUT2D eigenvalue weighted by Gasteiger charge is 2.29. The van der Waals surface area contributed by atoms with Crippen LogP contribution in [0.3, 0.4) is 0 Å². The largest absolute Gasteiger partial charge is 0.302 e. The predicted octanol–water partition coefficient (Wildman–Crippen LogP) is 0.480. The summed E-state index contributed by atoms with van der Waals surface area (Å²) in [6.07, 6.45) is 5.93. The van der Waals surface area contributed by atoms with Crippen LogP contribution in [0.5, 0.6) is 0 Å². The first-order valence-corrected chi connectivity index (χ1v) is 11.4. The Balaban J connectivity index is 1.27. The lowest BCUT2D eigenvalue weighted by Gasteiger charge is -2.32. The highest BCUT2D eigenvalue weighted by molar-refractivity contribution is 7.89. The molecule has 2 saturated heterocycles. The lowest BCUT2D eigenvalue weighted by molar-refractivity contribution is 0.163. The van der Waals surface area contributed by atoms with E-state index in [0.717, 1.165) is 69.4 Å². The summed E-state index contributed by atoms with van der Waals surface area (Å²) < 4.78 is 27.0. The Morgan fingerprint density at radius 1 is 1.08 bits per heavy atom. The van der Waals surface area contributed by atoms with Crippen molar-refractivity contribution in [2.45, 2.75) is 45.1 Å². The normalized spacial score (nSPS) is 24.2. The van der Waals surface area contributed by atoms with Gasteiger partial charge >= 0.3 is 0 Å². The Bertz CT molecular complexity index is 812. The summed E-state index contributed by atoms with van der Waals surface area (Å²) in [5, 5.41) is 4.59. The van der Waals surface area contributed by atoms with E-state index in [1.807, 2.05) is 0 Å². The second-order valence-electron chi connectivity index (χ2n) is 7.84. The van der Waals surface area contributed by atoms with Crippen LogP contribution in [-0.2, 0) is 29.4 Å². The molecule has 0 amide bonds. The lowest BCUT2D eigenvalue weighted by atomic mass is 9.97. The lowest BCUT2D eigenvalue weighted by Crippen LogP contribution is -2.41. The molecule has 0 bridgehead atoms. The first-order chi connectivity index (χ1) is 12.5. The molecule has 3 aliphatic rings. The molecule has 4 rings (SSSR count). The maximum atomic E-state index is 12.3. The Kier molecular flexibility index (Phi) is 5.16. The monoisotopic (exact) mass is 380 g/mol. The van der Waals surface area contributed by atoms with E-state index in [1.54, 1.807) is 15.1 Å². The molecule has 0 saturated carbocycles. The molecule has 0 atom stereocenters. The maximum absolute atomic E-state index is 12.3. The zero-order chi connectivity index (χ0) is 18.1. The van der Waals surface area contributed by atoms with Crippen LogP contribution in [0.4, 0.5) is 0 Å². The van der Waals surface area contributed by atoms with Crippen LogP contribution >= 0.6 is 0 Å². The van der Waals surface area contributed by atoms with Crippen LogP contribution in [0, 0.1) is 5.92 Å².